The third-order valence-corrected chi connectivity index (χ3v) is 5.04. The molecule has 2 heterocycles. The lowest BCUT2D eigenvalue weighted by Gasteiger charge is -1.96. The van der Waals surface area contributed by atoms with Gasteiger partial charge in [-0.25, -0.2) is 4.99 Å². The molecular formula is C20H17N3OS. The van der Waals surface area contributed by atoms with Crippen LogP contribution in [-0.4, -0.2) is 15.6 Å². The number of hydrogen-bond acceptors (Lipinski definition) is 3. The Morgan fingerprint density at radius 1 is 1.12 bits per heavy atom. The van der Waals surface area contributed by atoms with Crippen molar-refractivity contribution in [1.29, 1.82) is 0 Å². The number of para-hydroxylation sites is 1. The Kier molecular flexibility index (Phi) is 3.93. The van der Waals surface area contributed by atoms with Gasteiger partial charge < -0.3 is 9.88 Å². The van der Waals surface area contributed by atoms with Crippen LogP contribution in [-0.2, 0) is 11.8 Å². The van der Waals surface area contributed by atoms with Gasteiger partial charge in [0.15, 0.2) is 5.17 Å². The van der Waals surface area contributed by atoms with E-state index in [2.05, 4.69) is 27.0 Å². The summed E-state index contributed by atoms with van der Waals surface area (Å²) in [6, 6.07) is 16.1. The van der Waals surface area contributed by atoms with Crippen molar-refractivity contribution in [3.63, 3.8) is 0 Å². The van der Waals surface area contributed by atoms with Crippen molar-refractivity contribution in [2.75, 3.05) is 0 Å². The summed E-state index contributed by atoms with van der Waals surface area (Å²) in [6.07, 6.45) is 3.97. The minimum Gasteiger partial charge on any atom is -0.350 e. The SMILES string of the molecule is Cc1ccc(N=C2NC(=O)/C(=C\c3cn(C)c4ccccc34)S2)cc1. The van der Waals surface area contributed by atoms with Crippen molar-refractivity contribution in [3.05, 3.63) is 70.8 Å². The van der Waals surface area contributed by atoms with Crippen LogP contribution in [0.3, 0.4) is 0 Å². The van der Waals surface area contributed by atoms with Crippen molar-refractivity contribution in [2.45, 2.75) is 6.92 Å². The zero-order valence-electron chi connectivity index (χ0n) is 14.0. The first-order valence-corrected chi connectivity index (χ1v) is 8.82. The van der Waals surface area contributed by atoms with Gasteiger partial charge in [0.25, 0.3) is 5.91 Å². The van der Waals surface area contributed by atoms with Gasteiger partial charge in [0.05, 0.1) is 10.6 Å². The number of amides is 1. The molecule has 0 spiro atoms. The molecule has 25 heavy (non-hydrogen) atoms. The van der Waals surface area contributed by atoms with E-state index < -0.39 is 0 Å². The van der Waals surface area contributed by atoms with E-state index >= 15 is 0 Å². The lowest BCUT2D eigenvalue weighted by atomic mass is 10.1. The number of thioether (sulfide) groups is 1. The van der Waals surface area contributed by atoms with Crippen LogP contribution in [0.4, 0.5) is 5.69 Å². The molecule has 1 aliphatic rings. The first-order valence-electron chi connectivity index (χ1n) is 8.00. The molecule has 1 N–H and O–H groups in total. The normalized spacial score (nSPS) is 17.6. The monoisotopic (exact) mass is 347 g/mol. The van der Waals surface area contributed by atoms with Crippen LogP contribution in [0.2, 0.25) is 0 Å². The maximum absolute atomic E-state index is 12.3. The van der Waals surface area contributed by atoms with E-state index in [1.165, 1.54) is 17.3 Å². The minimum absolute atomic E-state index is 0.108. The van der Waals surface area contributed by atoms with E-state index in [0.717, 1.165) is 22.2 Å². The Labute approximate surface area is 150 Å². The highest BCUT2D eigenvalue weighted by atomic mass is 32.2. The van der Waals surface area contributed by atoms with Crippen LogP contribution in [0.15, 0.2) is 64.6 Å². The Bertz CT molecular complexity index is 1030. The van der Waals surface area contributed by atoms with Gasteiger partial charge in [0.1, 0.15) is 0 Å². The smallest absolute Gasteiger partial charge is 0.264 e. The number of rotatable bonds is 2. The van der Waals surface area contributed by atoms with E-state index in [0.29, 0.717) is 10.1 Å². The van der Waals surface area contributed by atoms with Crippen LogP contribution in [0, 0.1) is 6.92 Å². The van der Waals surface area contributed by atoms with E-state index in [9.17, 15) is 4.79 Å². The van der Waals surface area contributed by atoms with Crippen LogP contribution in [0.25, 0.3) is 17.0 Å². The van der Waals surface area contributed by atoms with Gasteiger partial charge in [0, 0.05) is 29.7 Å². The molecule has 5 heteroatoms. The lowest BCUT2D eigenvalue weighted by molar-refractivity contribution is -0.115. The number of amidine groups is 1. The number of aryl methyl sites for hydroxylation is 2. The maximum atomic E-state index is 12.3. The second-order valence-corrected chi connectivity index (χ2v) is 7.06. The fourth-order valence-electron chi connectivity index (χ4n) is 2.85. The van der Waals surface area contributed by atoms with Crippen LogP contribution in [0.5, 0.6) is 0 Å². The van der Waals surface area contributed by atoms with Gasteiger partial charge in [-0.2, -0.15) is 0 Å². The van der Waals surface area contributed by atoms with Crippen LogP contribution >= 0.6 is 11.8 Å². The molecule has 2 aromatic carbocycles. The molecule has 124 valence electrons. The zero-order chi connectivity index (χ0) is 17.4. The Morgan fingerprint density at radius 3 is 2.68 bits per heavy atom. The lowest BCUT2D eigenvalue weighted by Crippen LogP contribution is -2.19. The van der Waals surface area contributed by atoms with Crippen LogP contribution in [0.1, 0.15) is 11.1 Å². The number of hydrogen-bond donors (Lipinski definition) is 1. The van der Waals surface area contributed by atoms with Crippen LogP contribution < -0.4 is 5.32 Å². The first kappa shape index (κ1) is 15.7. The molecule has 1 aromatic heterocycles. The second-order valence-electron chi connectivity index (χ2n) is 6.03. The predicted molar refractivity (Wildman–Crippen MR) is 105 cm³/mol. The van der Waals surface area contributed by atoms with Gasteiger partial charge in [-0.15, -0.1) is 0 Å². The van der Waals surface area contributed by atoms with Gasteiger partial charge in [-0.1, -0.05) is 35.9 Å². The summed E-state index contributed by atoms with van der Waals surface area (Å²) in [4.78, 5) is 17.5. The summed E-state index contributed by atoms with van der Waals surface area (Å²) >= 11 is 1.37. The number of fused-ring (bicyclic) bond motifs is 1. The number of carbonyl (C=O) groups is 1. The highest BCUT2D eigenvalue weighted by Gasteiger charge is 2.24. The third-order valence-electron chi connectivity index (χ3n) is 4.13. The summed E-state index contributed by atoms with van der Waals surface area (Å²) in [5.41, 5.74) is 4.20. The van der Waals surface area contributed by atoms with E-state index in [1.807, 2.05) is 62.6 Å². The molecule has 0 atom stereocenters. The molecule has 1 saturated heterocycles. The van der Waals surface area contributed by atoms with Gasteiger partial charge >= 0.3 is 0 Å². The molecule has 4 nitrogen and oxygen atoms in total. The number of nitrogens with zero attached hydrogens (tertiary/aromatic N) is 2. The maximum Gasteiger partial charge on any atom is 0.264 e. The number of benzene rings is 2. The number of aliphatic imine (C=N–C) groups is 1. The number of aromatic nitrogens is 1. The molecule has 1 amide bonds. The second kappa shape index (κ2) is 6.26. The summed E-state index contributed by atoms with van der Waals surface area (Å²) < 4.78 is 2.07. The van der Waals surface area contributed by atoms with Gasteiger partial charge in [-0.05, 0) is 43.0 Å². The molecule has 0 aliphatic carbocycles. The average molecular weight is 347 g/mol. The molecular weight excluding hydrogens is 330 g/mol. The summed E-state index contributed by atoms with van der Waals surface area (Å²) in [5, 5.41) is 4.59. The van der Waals surface area contributed by atoms with Gasteiger partial charge in [0.2, 0.25) is 0 Å². The minimum atomic E-state index is -0.108. The summed E-state index contributed by atoms with van der Waals surface area (Å²) in [7, 11) is 2.01. The first-order chi connectivity index (χ1) is 12.1. The Balaban J connectivity index is 1.66. The fourth-order valence-corrected chi connectivity index (χ4v) is 3.68. The summed E-state index contributed by atoms with van der Waals surface area (Å²) in [6.45, 7) is 2.04. The Hall–Kier alpha value is -2.79. The highest BCUT2D eigenvalue weighted by molar-refractivity contribution is 8.18. The fraction of sp³-hybridized carbons (Fsp3) is 0.100. The van der Waals surface area contributed by atoms with E-state index in [-0.39, 0.29) is 5.91 Å². The highest BCUT2D eigenvalue weighted by Crippen LogP contribution is 2.30. The van der Waals surface area contributed by atoms with Crippen molar-refractivity contribution >= 4 is 45.5 Å². The molecule has 3 aromatic rings. The molecule has 4 rings (SSSR count). The van der Waals surface area contributed by atoms with Crippen molar-refractivity contribution in [2.24, 2.45) is 12.0 Å². The molecule has 0 saturated carbocycles. The van der Waals surface area contributed by atoms with Crippen molar-refractivity contribution in [1.82, 2.24) is 9.88 Å². The topological polar surface area (TPSA) is 46.4 Å². The Morgan fingerprint density at radius 2 is 1.88 bits per heavy atom. The number of nitrogens with one attached hydrogen (secondary N) is 1. The quantitative estimate of drug-likeness (QED) is 0.699. The van der Waals surface area contributed by atoms with Crippen molar-refractivity contribution < 1.29 is 4.79 Å². The molecule has 1 fully saturated rings. The average Bonchev–Trinajstić information content (AvgIpc) is 3.11. The largest absolute Gasteiger partial charge is 0.350 e. The summed E-state index contributed by atoms with van der Waals surface area (Å²) in [5.74, 6) is -0.108. The van der Waals surface area contributed by atoms with Crippen molar-refractivity contribution in [3.8, 4) is 0 Å². The molecule has 1 aliphatic heterocycles. The zero-order valence-corrected chi connectivity index (χ0v) is 14.8. The van der Waals surface area contributed by atoms with E-state index in [1.54, 1.807) is 0 Å². The third kappa shape index (κ3) is 3.10. The molecule has 0 unspecified atom stereocenters. The standard InChI is InChI=1S/C20H17N3OS/c1-13-7-9-15(10-8-13)21-20-22-19(24)18(25-20)11-14-12-23(2)17-6-4-3-5-16(14)17/h3-12H,1-2H3,(H,21,22,24)/b18-11+. The predicted octanol–water partition coefficient (Wildman–Crippen LogP) is 4.38. The van der Waals surface area contributed by atoms with E-state index in [4.69, 9.17) is 0 Å². The molecule has 0 radical (unpaired) electrons. The number of carbonyl (C=O) groups excluding carboxylic acids is 1. The van der Waals surface area contributed by atoms with Gasteiger partial charge in [-0.3, -0.25) is 4.79 Å². The molecule has 0 bridgehead atoms.